The molecule has 0 saturated carbocycles. The van der Waals surface area contributed by atoms with E-state index in [-0.39, 0.29) is 23.3 Å². The van der Waals surface area contributed by atoms with Crippen LogP contribution in [0.4, 0.5) is 48.3 Å². The average molecular weight is 620 g/mol. The summed E-state index contributed by atoms with van der Waals surface area (Å²) in [5.41, 5.74) is -1.63. The molecule has 0 aliphatic rings. The van der Waals surface area contributed by atoms with Gasteiger partial charge in [0.2, 0.25) is 0 Å². The van der Waals surface area contributed by atoms with Crippen LogP contribution >= 0.6 is 0 Å². The van der Waals surface area contributed by atoms with Crippen LogP contribution in [-0.4, -0.2) is 6.36 Å². The second kappa shape index (κ2) is 11.9. The summed E-state index contributed by atoms with van der Waals surface area (Å²) in [4.78, 5) is 0. The molecule has 228 valence electrons. The van der Waals surface area contributed by atoms with E-state index < -0.39 is 58.7 Å². The molecule has 0 aliphatic heterocycles. The maximum atomic E-state index is 14.8. The van der Waals surface area contributed by atoms with Crippen molar-refractivity contribution in [3.63, 3.8) is 0 Å². The van der Waals surface area contributed by atoms with Crippen molar-refractivity contribution in [2.45, 2.75) is 38.3 Å². The minimum atomic E-state index is -6.02. The van der Waals surface area contributed by atoms with Crippen LogP contribution < -0.4 is 4.74 Å². The first-order valence-corrected chi connectivity index (χ1v) is 12.4. The lowest BCUT2D eigenvalue weighted by Gasteiger charge is -2.22. The van der Waals surface area contributed by atoms with Gasteiger partial charge >= 0.3 is 18.6 Å². The first-order chi connectivity index (χ1) is 20.0. The Morgan fingerprint density at radius 1 is 0.535 bits per heavy atom. The van der Waals surface area contributed by atoms with Gasteiger partial charge in [-0.25, -0.2) is 22.3 Å². The number of alkyl halides is 7. The molecule has 0 saturated heterocycles. The highest BCUT2D eigenvalue weighted by Gasteiger charge is 2.50. The predicted octanol–water partition coefficient (Wildman–Crippen LogP) is 10.2. The van der Waals surface area contributed by atoms with E-state index in [9.17, 15) is 48.3 Å². The highest BCUT2D eigenvalue weighted by molar-refractivity contribution is 5.71. The van der Waals surface area contributed by atoms with Crippen molar-refractivity contribution in [2.75, 3.05) is 0 Å². The van der Waals surface area contributed by atoms with Crippen molar-refractivity contribution >= 4 is 0 Å². The molecule has 0 unspecified atom stereocenters. The lowest BCUT2D eigenvalue weighted by Crippen LogP contribution is -2.30. The SMILES string of the molecule is CCCc1ccc(-c2ccc(-c3cc(F)c(C(F)(F)Oc4cc(F)c(C(F)(F)OC(F)(F)F)c(F)c4)c(F)c3)cc2)cc1. The van der Waals surface area contributed by atoms with Gasteiger partial charge in [-0.2, -0.15) is 17.6 Å². The molecule has 0 amide bonds. The molecule has 0 atom stereocenters. The van der Waals surface area contributed by atoms with E-state index in [1.807, 2.05) is 24.3 Å². The zero-order valence-corrected chi connectivity index (χ0v) is 21.8. The van der Waals surface area contributed by atoms with Crippen molar-refractivity contribution < 1.29 is 57.8 Å². The van der Waals surface area contributed by atoms with Gasteiger partial charge < -0.3 is 4.74 Å². The first kappa shape index (κ1) is 31.8. The summed E-state index contributed by atoms with van der Waals surface area (Å²) in [7, 11) is 0. The standard InChI is InChI=1S/C30H19F11O2/c1-2-3-16-4-6-17(7-5-16)18-8-10-19(11-9-18)20-12-22(31)26(23(32)13-20)28(35,36)42-21-14-24(33)27(25(34)15-21)29(37,38)43-30(39,40)41/h4-15H,2-3H2,1H3. The van der Waals surface area contributed by atoms with Crippen LogP contribution in [0.15, 0.2) is 72.8 Å². The van der Waals surface area contributed by atoms with Crippen LogP contribution in [0.1, 0.15) is 30.0 Å². The molecule has 0 bridgehead atoms. The highest BCUT2D eigenvalue weighted by Crippen LogP contribution is 2.42. The topological polar surface area (TPSA) is 18.5 Å². The summed E-state index contributed by atoms with van der Waals surface area (Å²) in [5, 5.41) is 0. The lowest BCUT2D eigenvalue weighted by molar-refractivity contribution is -0.432. The lowest BCUT2D eigenvalue weighted by atomic mass is 9.98. The van der Waals surface area contributed by atoms with Crippen molar-refractivity contribution in [3.05, 3.63) is 113 Å². The Labute approximate surface area is 237 Å². The number of aryl methyl sites for hydroxylation is 1. The van der Waals surface area contributed by atoms with Crippen LogP contribution in [0, 0.1) is 23.3 Å². The Morgan fingerprint density at radius 2 is 0.930 bits per heavy atom. The fraction of sp³-hybridized carbons (Fsp3) is 0.200. The molecule has 0 heterocycles. The third-order valence-corrected chi connectivity index (χ3v) is 6.17. The van der Waals surface area contributed by atoms with Crippen LogP contribution in [0.2, 0.25) is 0 Å². The molecule has 4 rings (SSSR count). The number of halogens is 11. The molecule has 0 fully saturated rings. The van der Waals surface area contributed by atoms with E-state index in [1.54, 1.807) is 12.1 Å². The largest absolute Gasteiger partial charge is 0.527 e. The number of rotatable bonds is 9. The normalized spacial score (nSPS) is 12.5. The van der Waals surface area contributed by atoms with Crippen LogP contribution in [0.5, 0.6) is 5.75 Å². The van der Waals surface area contributed by atoms with Gasteiger partial charge in [0.15, 0.2) is 0 Å². The van der Waals surface area contributed by atoms with E-state index in [0.29, 0.717) is 12.1 Å². The zero-order valence-electron chi connectivity index (χ0n) is 21.8. The quantitative estimate of drug-likeness (QED) is 0.174. The smallest absolute Gasteiger partial charge is 0.429 e. The molecule has 0 radical (unpaired) electrons. The number of benzene rings is 4. The number of ether oxygens (including phenoxy) is 2. The second-order valence-corrected chi connectivity index (χ2v) is 9.28. The van der Waals surface area contributed by atoms with Crippen molar-refractivity contribution in [1.29, 1.82) is 0 Å². The van der Waals surface area contributed by atoms with E-state index in [0.717, 1.165) is 29.5 Å². The maximum absolute atomic E-state index is 14.8. The van der Waals surface area contributed by atoms with Gasteiger partial charge in [0.05, 0.1) is 0 Å². The molecule has 43 heavy (non-hydrogen) atoms. The fourth-order valence-electron chi connectivity index (χ4n) is 4.31. The monoisotopic (exact) mass is 620 g/mol. The van der Waals surface area contributed by atoms with Gasteiger partial charge in [-0.3, -0.25) is 0 Å². The second-order valence-electron chi connectivity index (χ2n) is 9.28. The van der Waals surface area contributed by atoms with Gasteiger partial charge in [-0.15, -0.1) is 13.2 Å². The molecular weight excluding hydrogens is 601 g/mol. The average Bonchev–Trinajstić information content (AvgIpc) is 2.86. The van der Waals surface area contributed by atoms with Crippen molar-refractivity contribution in [2.24, 2.45) is 0 Å². The van der Waals surface area contributed by atoms with Crippen LogP contribution in [0.3, 0.4) is 0 Å². The predicted molar refractivity (Wildman–Crippen MR) is 133 cm³/mol. The number of hydrogen-bond donors (Lipinski definition) is 0. The Kier molecular flexibility index (Phi) is 8.77. The maximum Gasteiger partial charge on any atom is 0.527 e. The molecule has 13 heteroatoms. The molecule has 4 aromatic carbocycles. The summed E-state index contributed by atoms with van der Waals surface area (Å²) in [6.45, 7) is 2.05. The summed E-state index contributed by atoms with van der Waals surface area (Å²) in [6, 6.07) is 14.5. The Balaban J connectivity index is 1.58. The highest BCUT2D eigenvalue weighted by atomic mass is 19.4. The van der Waals surface area contributed by atoms with Crippen molar-refractivity contribution in [1.82, 2.24) is 0 Å². The van der Waals surface area contributed by atoms with Crippen LogP contribution in [-0.2, 0) is 23.4 Å². The van der Waals surface area contributed by atoms with E-state index in [2.05, 4.69) is 16.4 Å². The summed E-state index contributed by atoms with van der Waals surface area (Å²) in [5.74, 6) is -10.1. The van der Waals surface area contributed by atoms with E-state index >= 15 is 0 Å². The number of hydrogen-bond acceptors (Lipinski definition) is 2. The van der Waals surface area contributed by atoms with Gasteiger partial charge in [0.1, 0.15) is 40.1 Å². The molecule has 2 nitrogen and oxygen atoms in total. The third-order valence-electron chi connectivity index (χ3n) is 6.17. The third kappa shape index (κ3) is 7.27. The summed E-state index contributed by atoms with van der Waals surface area (Å²) < 4.78 is 158. The summed E-state index contributed by atoms with van der Waals surface area (Å²) in [6.07, 6.45) is -14.7. The van der Waals surface area contributed by atoms with Crippen LogP contribution in [0.25, 0.3) is 22.3 Å². The van der Waals surface area contributed by atoms with Gasteiger partial charge in [0, 0.05) is 12.1 Å². The van der Waals surface area contributed by atoms with Gasteiger partial charge in [-0.05, 0) is 46.4 Å². The Hall–Kier alpha value is -4.13. The van der Waals surface area contributed by atoms with E-state index in [1.165, 1.54) is 12.1 Å². The molecular formula is C30H19F11O2. The summed E-state index contributed by atoms with van der Waals surface area (Å²) >= 11 is 0. The molecule has 0 N–H and O–H groups in total. The molecule has 0 spiro atoms. The molecule has 0 aliphatic carbocycles. The van der Waals surface area contributed by atoms with Gasteiger partial charge in [-0.1, -0.05) is 61.9 Å². The minimum Gasteiger partial charge on any atom is -0.429 e. The first-order valence-electron chi connectivity index (χ1n) is 12.4. The molecule has 4 aromatic rings. The zero-order chi connectivity index (χ0) is 31.7. The molecule has 0 aromatic heterocycles. The Bertz CT molecular complexity index is 1550. The van der Waals surface area contributed by atoms with E-state index in [4.69, 9.17) is 0 Å². The van der Waals surface area contributed by atoms with Crippen molar-refractivity contribution in [3.8, 4) is 28.0 Å². The Morgan fingerprint density at radius 3 is 1.37 bits per heavy atom. The van der Waals surface area contributed by atoms with Gasteiger partial charge in [0.25, 0.3) is 0 Å². The fourth-order valence-corrected chi connectivity index (χ4v) is 4.31. The minimum absolute atomic E-state index is 0.146.